The fraction of sp³-hybridized carbons (Fsp3) is 0.333. The number of para-hydroxylation sites is 1. The number of rotatable bonds is 5. The van der Waals surface area contributed by atoms with Gasteiger partial charge in [0.25, 0.3) is 0 Å². The molecule has 0 fully saturated rings. The molecule has 0 radical (unpaired) electrons. The molecule has 0 aliphatic heterocycles. The van der Waals surface area contributed by atoms with Gasteiger partial charge in [0.1, 0.15) is 6.54 Å². The first-order valence-electron chi connectivity index (χ1n) is 8.85. The molecule has 0 unspecified atom stereocenters. The molecule has 2 N–H and O–H groups in total. The van der Waals surface area contributed by atoms with Crippen molar-refractivity contribution in [3.63, 3.8) is 0 Å². The van der Waals surface area contributed by atoms with Crippen LogP contribution in [0, 0.1) is 20.8 Å². The van der Waals surface area contributed by atoms with Crippen LogP contribution in [0.1, 0.15) is 16.7 Å². The largest absolute Gasteiger partial charge is 0.378 e. The van der Waals surface area contributed by atoms with Crippen LogP contribution in [0.3, 0.4) is 0 Å². The van der Waals surface area contributed by atoms with Gasteiger partial charge in [-0.15, -0.1) is 0 Å². The molecule has 0 saturated carbocycles. The van der Waals surface area contributed by atoms with Crippen LogP contribution in [0.25, 0.3) is 0 Å². The molecular weight excluding hydrogens is 340 g/mol. The Morgan fingerprint density at radius 2 is 1.52 bits per heavy atom. The van der Waals surface area contributed by atoms with Gasteiger partial charge in [0.15, 0.2) is 0 Å². The average molecular weight is 368 g/mol. The lowest BCUT2D eigenvalue weighted by molar-refractivity contribution is -0.116. The van der Waals surface area contributed by atoms with E-state index in [4.69, 9.17) is 0 Å². The number of likely N-dealkylation sites (N-methyl/N-ethyl adjacent to an activating group) is 1. The zero-order chi connectivity index (χ0) is 20.1. The quantitative estimate of drug-likeness (QED) is 0.844. The first kappa shape index (κ1) is 20.3. The minimum atomic E-state index is -0.327. The molecular formula is C21H28N4O2. The molecule has 0 heterocycles. The fourth-order valence-corrected chi connectivity index (χ4v) is 2.75. The zero-order valence-corrected chi connectivity index (χ0v) is 16.9. The predicted molar refractivity (Wildman–Crippen MR) is 112 cm³/mol. The van der Waals surface area contributed by atoms with E-state index in [0.29, 0.717) is 0 Å². The van der Waals surface area contributed by atoms with Crippen LogP contribution < -0.4 is 15.5 Å². The van der Waals surface area contributed by atoms with Gasteiger partial charge >= 0.3 is 6.03 Å². The van der Waals surface area contributed by atoms with E-state index in [2.05, 4.69) is 10.6 Å². The smallest absolute Gasteiger partial charge is 0.322 e. The van der Waals surface area contributed by atoms with Crippen LogP contribution in [0.2, 0.25) is 0 Å². The lowest BCUT2D eigenvalue weighted by Gasteiger charge is -2.20. The first-order chi connectivity index (χ1) is 12.7. The lowest BCUT2D eigenvalue weighted by Crippen LogP contribution is -2.38. The van der Waals surface area contributed by atoms with Crippen molar-refractivity contribution in [3.8, 4) is 0 Å². The molecule has 2 rings (SSSR count). The van der Waals surface area contributed by atoms with Crippen molar-refractivity contribution >= 4 is 29.0 Å². The maximum atomic E-state index is 12.4. The number of benzene rings is 2. The molecule has 2 aromatic rings. The van der Waals surface area contributed by atoms with Crippen LogP contribution >= 0.6 is 0 Å². The summed E-state index contributed by atoms with van der Waals surface area (Å²) in [6, 6.07) is 11.3. The highest BCUT2D eigenvalue weighted by Crippen LogP contribution is 2.22. The highest BCUT2D eigenvalue weighted by Gasteiger charge is 2.15. The van der Waals surface area contributed by atoms with Gasteiger partial charge < -0.3 is 20.4 Å². The first-order valence-corrected chi connectivity index (χ1v) is 8.85. The maximum absolute atomic E-state index is 12.4. The molecule has 2 aromatic carbocycles. The number of carbonyl (C=O) groups is 2. The SMILES string of the molecule is Cc1cc(N(C)C)ccc1NC(=O)N(C)CC(=O)Nc1c(C)cccc1C. The van der Waals surface area contributed by atoms with E-state index in [9.17, 15) is 9.59 Å². The summed E-state index contributed by atoms with van der Waals surface area (Å²) in [5, 5.41) is 5.75. The molecule has 0 bridgehead atoms. The third-order valence-corrected chi connectivity index (χ3v) is 4.44. The van der Waals surface area contributed by atoms with Gasteiger partial charge in [-0.1, -0.05) is 18.2 Å². The Labute approximate surface area is 161 Å². The zero-order valence-electron chi connectivity index (χ0n) is 16.9. The van der Waals surface area contributed by atoms with Crippen molar-refractivity contribution in [1.29, 1.82) is 0 Å². The molecule has 0 aliphatic rings. The van der Waals surface area contributed by atoms with Gasteiger partial charge in [-0.05, 0) is 55.7 Å². The van der Waals surface area contributed by atoms with Crippen molar-refractivity contribution in [2.45, 2.75) is 20.8 Å². The van der Waals surface area contributed by atoms with E-state index in [1.165, 1.54) is 4.90 Å². The van der Waals surface area contributed by atoms with Gasteiger partial charge in [0.2, 0.25) is 5.91 Å². The summed E-state index contributed by atoms with van der Waals surface area (Å²) in [6.07, 6.45) is 0. The molecule has 144 valence electrons. The molecule has 0 saturated heterocycles. The van der Waals surface area contributed by atoms with Crippen molar-refractivity contribution in [3.05, 3.63) is 53.1 Å². The van der Waals surface area contributed by atoms with Crippen molar-refractivity contribution in [1.82, 2.24) is 4.90 Å². The van der Waals surface area contributed by atoms with Crippen molar-refractivity contribution < 1.29 is 9.59 Å². The lowest BCUT2D eigenvalue weighted by atomic mass is 10.1. The summed E-state index contributed by atoms with van der Waals surface area (Å²) in [5.41, 5.74) is 5.54. The summed E-state index contributed by atoms with van der Waals surface area (Å²) in [5.74, 6) is -0.232. The average Bonchev–Trinajstić information content (AvgIpc) is 2.59. The van der Waals surface area contributed by atoms with E-state index in [0.717, 1.165) is 33.8 Å². The van der Waals surface area contributed by atoms with E-state index >= 15 is 0 Å². The number of carbonyl (C=O) groups excluding carboxylic acids is 2. The van der Waals surface area contributed by atoms with E-state index in [1.807, 2.05) is 76.2 Å². The molecule has 27 heavy (non-hydrogen) atoms. The monoisotopic (exact) mass is 368 g/mol. The minimum absolute atomic E-state index is 0.0333. The number of anilines is 3. The predicted octanol–water partition coefficient (Wildman–Crippen LogP) is 3.78. The van der Waals surface area contributed by atoms with E-state index in [-0.39, 0.29) is 18.5 Å². The van der Waals surface area contributed by atoms with Crippen molar-refractivity contribution in [2.75, 3.05) is 43.2 Å². The van der Waals surface area contributed by atoms with Crippen LogP contribution in [0.5, 0.6) is 0 Å². The number of hydrogen-bond acceptors (Lipinski definition) is 3. The number of nitrogens with one attached hydrogen (secondary N) is 2. The maximum Gasteiger partial charge on any atom is 0.322 e. The number of hydrogen-bond donors (Lipinski definition) is 2. The molecule has 0 atom stereocenters. The van der Waals surface area contributed by atoms with Crippen LogP contribution in [0.4, 0.5) is 21.9 Å². The minimum Gasteiger partial charge on any atom is -0.378 e. The van der Waals surface area contributed by atoms with Crippen LogP contribution in [-0.4, -0.2) is 44.5 Å². The third-order valence-electron chi connectivity index (χ3n) is 4.44. The highest BCUT2D eigenvalue weighted by molar-refractivity contribution is 5.98. The number of nitrogens with zero attached hydrogens (tertiary/aromatic N) is 2. The molecule has 0 aliphatic carbocycles. The summed E-state index contributed by atoms with van der Waals surface area (Å²) < 4.78 is 0. The Morgan fingerprint density at radius 3 is 2.07 bits per heavy atom. The molecule has 0 aromatic heterocycles. The van der Waals surface area contributed by atoms with Gasteiger partial charge in [-0.25, -0.2) is 4.79 Å². The Morgan fingerprint density at radius 1 is 0.889 bits per heavy atom. The Bertz CT molecular complexity index is 826. The standard InChI is InChI=1S/C21H28N4O2/c1-14-8-7-9-15(2)20(14)23-19(26)13-25(6)21(27)22-18-11-10-17(24(4)5)12-16(18)3/h7-12H,13H2,1-6H3,(H,22,27)(H,23,26). The van der Waals surface area contributed by atoms with Gasteiger partial charge in [0, 0.05) is 38.2 Å². The second-order valence-electron chi connectivity index (χ2n) is 6.99. The Kier molecular flexibility index (Phi) is 6.45. The molecule has 6 nitrogen and oxygen atoms in total. The molecule has 6 heteroatoms. The second kappa shape index (κ2) is 8.58. The molecule has 3 amide bonds. The summed E-state index contributed by atoms with van der Waals surface area (Å²) in [7, 11) is 5.54. The number of urea groups is 1. The highest BCUT2D eigenvalue weighted by atomic mass is 16.2. The van der Waals surface area contributed by atoms with Crippen LogP contribution in [-0.2, 0) is 4.79 Å². The summed E-state index contributed by atoms with van der Waals surface area (Å²) in [6.45, 7) is 5.79. The van der Waals surface area contributed by atoms with Gasteiger partial charge in [-0.3, -0.25) is 4.79 Å². The van der Waals surface area contributed by atoms with E-state index < -0.39 is 0 Å². The Hall–Kier alpha value is -3.02. The number of aryl methyl sites for hydroxylation is 3. The van der Waals surface area contributed by atoms with Gasteiger partial charge in [-0.2, -0.15) is 0 Å². The topological polar surface area (TPSA) is 64.7 Å². The summed E-state index contributed by atoms with van der Waals surface area (Å²) >= 11 is 0. The van der Waals surface area contributed by atoms with Crippen LogP contribution in [0.15, 0.2) is 36.4 Å². The fourth-order valence-electron chi connectivity index (χ4n) is 2.75. The summed E-state index contributed by atoms with van der Waals surface area (Å²) in [4.78, 5) is 28.1. The normalized spacial score (nSPS) is 10.3. The van der Waals surface area contributed by atoms with Gasteiger partial charge in [0.05, 0.1) is 0 Å². The Balaban J connectivity index is 1.98. The van der Waals surface area contributed by atoms with E-state index in [1.54, 1.807) is 7.05 Å². The van der Waals surface area contributed by atoms with Crippen molar-refractivity contribution in [2.24, 2.45) is 0 Å². The molecule has 0 spiro atoms. The number of amides is 3. The second-order valence-corrected chi connectivity index (χ2v) is 6.99. The third kappa shape index (κ3) is 5.23.